The molecule has 0 atom stereocenters. The maximum Gasteiger partial charge on any atom is 0.238 e. The molecular weight excluding hydrogens is 340 g/mol. The van der Waals surface area contributed by atoms with Crippen LogP contribution in [0.4, 0.5) is 5.69 Å². The maximum atomic E-state index is 12.4. The van der Waals surface area contributed by atoms with Crippen LogP contribution in [-0.4, -0.2) is 50.4 Å². The summed E-state index contributed by atoms with van der Waals surface area (Å²) in [4.78, 5) is 14.6. The third-order valence-electron chi connectivity index (χ3n) is 5.23. The van der Waals surface area contributed by atoms with Crippen molar-refractivity contribution in [2.45, 2.75) is 19.8 Å². The van der Waals surface area contributed by atoms with Crippen molar-refractivity contribution in [3.8, 4) is 11.3 Å². The molecule has 1 aromatic carbocycles. The highest BCUT2D eigenvalue weighted by Crippen LogP contribution is 2.26. The van der Waals surface area contributed by atoms with E-state index in [1.54, 1.807) is 10.9 Å². The van der Waals surface area contributed by atoms with Crippen molar-refractivity contribution in [2.75, 3.05) is 25.0 Å². The standard InChI is InChI=1S/C20H24N6O/c1-14-18(12-21-25(14)2)22-19(27)13-26-10-8-16-17(9-11-26)23-24-20(16)15-6-4-3-5-7-15/h3-7,12H,8-11,13H2,1-2H3,(H,22,27)(H,23,24). The lowest BCUT2D eigenvalue weighted by atomic mass is 10.0. The highest BCUT2D eigenvalue weighted by Gasteiger charge is 2.21. The minimum atomic E-state index is -0.00179. The molecular formula is C20H24N6O. The smallest absolute Gasteiger partial charge is 0.238 e. The summed E-state index contributed by atoms with van der Waals surface area (Å²) < 4.78 is 1.76. The first-order valence-electron chi connectivity index (χ1n) is 9.24. The van der Waals surface area contributed by atoms with Gasteiger partial charge in [0.15, 0.2) is 0 Å². The number of anilines is 1. The fraction of sp³-hybridized carbons (Fsp3) is 0.350. The van der Waals surface area contributed by atoms with Crippen molar-refractivity contribution in [1.29, 1.82) is 0 Å². The van der Waals surface area contributed by atoms with Crippen molar-refractivity contribution < 1.29 is 4.79 Å². The van der Waals surface area contributed by atoms with Gasteiger partial charge in [-0.25, -0.2) is 0 Å². The quantitative estimate of drug-likeness (QED) is 0.744. The summed E-state index contributed by atoms with van der Waals surface area (Å²) in [7, 11) is 1.87. The Morgan fingerprint density at radius 1 is 1.22 bits per heavy atom. The molecule has 1 aliphatic heterocycles. The fourth-order valence-corrected chi connectivity index (χ4v) is 3.54. The zero-order valence-corrected chi connectivity index (χ0v) is 15.7. The van der Waals surface area contributed by atoms with E-state index in [0.717, 1.165) is 48.6 Å². The van der Waals surface area contributed by atoms with Crippen molar-refractivity contribution in [2.24, 2.45) is 7.05 Å². The third kappa shape index (κ3) is 3.64. The lowest BCUT2D eigenvalue weighted by Gasteiger charge is -2.19. The molecule has 2 aromatic heterocycles. The van der Waals surface area contributed by atoms with Gasteiger partial charge in [0.2, 0.25) is 5.91 Å². The van der Waals surface area contributed by atoms with Crippen LogP contribution in [0.25, 0.3) is 11.3 Å². The average Bonchev–Trinajstić information content (AvgIpc) is 3.16. The van der Waals surface area contributed by atoms with E-state index >= 15 is 0 Å². The van der Waals surface area contributed by atoms with Crippen molar-refractivity contribution in [3.63, 3.8) is 0 Å². The van der Waals surface area contributed by atoms with E-state index in [2.05, 4.69) is 37.6 Å². The summed E-state index contributed by atoms with van der Waals surface area (Å²) in [6.45, 7) is 4.00. The number of nitrogens with zero attached hydrogens (tertiary/aromatic N) is 4. The molecule has 4 rings (SSSR count). The van der Waals surface area contributed by atoms with Crippen molar-refractivity contribution in [3.05, 3.63) is 53.5 Å². The molecule has 0 fully saturated rings. The van der Waals surface area contributed by atoms with Crippen molar-refractivity contribution >= 4 is 11.6 Å². The van der Waals surface area contributed by atoms with Crippen LogP contribution in [0, 0.1) is 6.92 Å². The number of rotatable bonds is 4. The van der Waals surface area contributed by atoms with E-state index in [4.69, 9.17) is 0 Å². The molecule has 0 saturated heterocycles. The van der Waals surface area contributed by atoms with Crippen LogP contribution in [0.2, 0.25) is 0 Å². The summed E-state index contributed by atoms with van der Waals surface area (Å²) >= 11 is 0. The largest absolute Gasteiger partial charge is 0.322 e. The Balaban J connectivity index is 1.41. The van der Waals surface area contributed by atoms with Gasteiger partial charge in [-0.15, -0.1) is 0 Å². The number of aromatic nitrogens is 4. The molecule has 140 valence electrons. The van der Waals surface area contributed by atoms with E-state index < -0.39 is 0 Å². The van der Waals surface area contributed by atoms with E-state index in [-0.39, 0.29) is 5.91 Å². The van der Waals surface area contributed by atoms with E-state index in [1.807, 2.05) is 32.2 Å². The normalized spacial score (nSPS) is 14.6. The van der Waals surface area contributed by atoms with Gasteiger partial charge in [-0.3, -0.25) is 19.5 Å². The fourth-order valence-electron chi connectivity index (χ4n) is 3.54. The Morgan fingerprint density at radius 2 is 2.00 bits per heavy atom. The number of hydrogen-bond acceptors (Lipinski definition) is 4. The Kier molecular flexibility index (Phi) is 4.77. The summed E-state index contributed by atoms with van der Waals surface area (Å²) in [5.74, 6) is -0.00179. The topological polar surface area (TPSA) is 78.8 Å². The van der Waals surface area contributed by atoms with Gasteiger partial charge in [0.05, 0.1) is 29.8 Å². The minimum absolute atomic E-state index is 0.00179. The second-order valence-electron chi connectivity index (χ2n) is 6.99. The summed E-state index contributed by atoms with van der Waals surface area (Å²) in [6, 6.07) is 10.2. The van der Waals surface area contributed by atoms with Crippen LogP contribution >= 0.6 is 0 Å². The molecule has 7 nitrogen and oxygen atoms in total. The summed E-state index contributed by atoms with van der Waals surface area (Å²) in [5.41, 5.74) is 6.34. The second kappa shape index (κ2) is 7.36. The minimum Gasteiger partial charge on any atom is -0.322 e. The van der Waals surface area contributed by atoms with Crippen LogP contribution in [0.1, 0.15) is 17.0 Å². The number of hydrogen-bond donors (Lipinski definition) is 2. The van der Waals surface area contributed by atoms with Gasteiger partial charge >= 0.3 is 0 Å². The van der Waals surface area contributed by atoms with Crippen LogP contribution in [0.15, 0.2) is 36.5 Å². The Morgan fingerprint density at radius 3 is 2.74 bits per heavy atom. The number of carbonyl (C=O) groups excluding carboxylic acids is 1. The number of H-pyrrole nitrogens is 1. The lowest BCUT2D eigenvalue weighted by Crippen LogP contribution is -2.35. The molecule has 0 radical (unpaired) electrons. The average molecular weight is 364 g/mol. The molecule has 1 aliphatic rings. The highest BCUT2D eigenvalue weighted by atomic mass is 16.2. The molecule has 0 spiro atoms. The lowest BCUT2D eigenvalue weighted by molar-refractivity contribution is -0.117. The number of nitrogens with one attached hydrogen (secondary N) is 2. The predicted octanol–water partition coefficient (Wildman–Crippen LogP) is 2.16. The van der Waals surface area contributed by atoms with Crippen molar-refractivity contribution in [1.82, 2.24) is 24.9 Å². The molecule has 0 bridgehead atoms. The Hall–Kier alpha value is -2.93. The van der Waals surface area contributed by atoms with Gasteiger partial charge in [-0.2, -0.15) is 10.2 Å². The molecule has 0 aliphatic carbocycles. The van der Waals surface area contributed by atoms with E-state index in [1.165, 1.54) is 11.3 Å². The number of aryl methyl sites for hydroxylation is 1. The Bertz CT molecular complexity index is 943. The number of aromatic amines is 1. The van der Waals surface area contributed by atoms with Gasteiger partial charge in [0, 0.05) is 43.4 Å². The van der Waals surface area contributed by atoms with Gasteiger partial charge in [-0.05, 0) is 13.3 Å². The first-order valence-corrected chi connectivity index (χ1v) is 9.24. The van der Waals surface area contributed by atoms with Gasteiger partial charge in [-0.1, -0.05) is 30.3 Å². The maximum absolute atomic E-state index is 12.4. The molecule has 7 heteroatoms. The van der Waals surface area contributed by atoms with Gasteiger partial charge in [0.25, 0.3) is 0 Å². The SMILES string of the molecule is Cc1c(NC(=O)CN2CCc3[nH]nc(-c4ccccc4)c3CC2)cnn1C. The van der Waals surface area contributed by atoms with Crippen LogP contribution < -0.4 is 5.32 Å². The molecule has 2 N–H and O–H groups in total. The summed E-state index contributed by atoms with van der Waals surface area (Å²) in [6.07, 6.45) is 3.45. The highest BCUT2D eigenvalue weighted by molar-refractivity contribution is 5.92. The van der Waals surface area contributed by atoms with Crippen LogP contribution in [-0.2, 0) is 24.7 Å². The monoisotopic (exact) mass is 364 g/mol. The molecule has 3 heterocycles. The van der Waals surface area contributed by atoms with Crippen LogP contribution in [0.3, 0.4) is 0 Å². The molecule has 0 unspecified atom stereocenters. The van der Waals surface area contributed by atoms with Gasteiger partial charge < -0.3 is 5.32 Å². The number of carbonyl (C=O) groups is 1. The molecule has 0 saturated carbocycles. The zero-order valence-electron chi connectivity index (χ0n) is 15.7. The number of benzene rings is 1. The zero-order chi connectivity index (χ0) is 18.8. The first-order chi connectivity index (χ1) is 13.1. The van der Waals surface area contributed by atoms with Crippen LogP contribution in [0.5, 0.6) is 0 Å². The number of fused-ring (bicyclic) bond motifs is 1. The first kappa shape index (κ1) is 17.5. The van der Waals surface area contributed by atoms with E-state index in [9.17, 15) is 4.79 Å². The molecule has 3 aromatic rings. The third-order valence-corrected chi connectivity index (χ3v) is 5.23. The number of amides is 1. The van der Waals surface area contributed by atoms with Gasteiger partial charge in [0.1, 0.15) is 0 Å². The van der Waals surface area contributed by atoms with E-state index in [0.29, 0.717) is 6.54 Å². The molecule has 1 amide bonds. The Labute approximate surface area is 158 Å². The second-order valence-corrected chi connectivity index (χ2v) is 6.99. The molecule has 27 heavy (non-hydrogen) atoms. The predicted molar refractivity (Wildman–Crippen MR) is 104 cm³/mol. The summed E-state index contributed by atoms with van der Waals surface area (Å²) in [5, 5.41) is 14.9.